The Morgan fingerprint density at radius 3 is 2.26 bits per heavy atom. The summed E-state index contributed by atoms with van der Waals surface area (Å²) in [5, 5.41) is 6.95. The lowest BCUT2D eigenvalue weighted by molar-refractivity contribution is -0.125. The zero-order valence-electron chi connectivity index (χ0n) is 22.8. The van der Waals surface area contributed by atoms with Crippen molar-refractivity contribution in [2.24, 2.45) is 0 Å². The van der Waals surface area contributed by atoms with Crippen LogP contribution in [-0.4, -0.2) is 76.4 Å². The second-order valence-electron chi connectivity index (χ2n) is 10.1. The average molecular weight is 558 g/mol. The van der Waals surface area contributed by atoms with E-state index in [9.17, 15) is 18.0 Å². The molecule has 0 saturated carbocycles. The second-order valence-corrected chi connectivity index (χ2v) is 11.9. The highest BCUT2D eigenvalue weighted by atomic mass is 32.2. The van der Waals surface area contributed by atoms with Crippen LogP contribution in [0.4, 0.5) is 4.79 Å². The van der Waals surface area contributed by atoms with Gasteiger partial charge in [0.05, 0.1) is 23.7 Å². The Balaban J connectivity index is 1.80. The molecule has 0 radical (unpaired) electrons. The summed E-state index contributed by atoms with van der Waals surface area (Å²) >= 11 is 0. The van der Waals surface area contributed by atoms with Crippen molar-refractivity contribution in [2.75, 3.05) is 33.4 Å². The first-order valence-electron chi connectivity index (χ1n) is 13.1. The number of amides is 3. The van der Waals surface area contributed by atoms with E-state index >= 15 is 0 Å². The molecule has 0 aromatic heterocycles. The predicted molar refractivity (Wildman–Crippen MR) is 150 cm³/mol. The first-order valence-corrected chi connectivity index (χ1v) is 14.7. The summed E-state index contributed by atoms with van der Waals surface area (Å²) < 4.78 is 36.6. The van der Waals surface area contributed by atoms with Crippen molar-refractivity contribution in [2.45, 2.75) is 55.7 Å². The molecule has 10 heteroatoms. The Kier molecular flexibility index (Phi) is 11.1. The monoisotopic (exact) mass is 557 g/mol. The number of carbonyl (C=O) groups excluding carboxylic acids is 2. The molecule has 1 saturated heterocycles. The van der Waals surface area contributed by atoms with Crippen LogP contribution in [0.5, 0.6) is 0 Å². The molecule has 212 valence electrons. The first-order chi connectivity index (χ1) is 18.6. The van der Waals surface area contributed by atoms with Crippen molar-refractivity contribution in [3.8, 4) is 0 Å². The number of hydrogen-bond donors (Lipinski definition) is 2. The average Bonchev–Trinajstić information content (AvgIpc) is 2.95. The third-order valence-corrected chi connectivity index (χ3v) is 8.08. The van der Waals surface area contributed by atoms with Gasteiger partial charge in [-0.05, 0) is 44.4 Å². The number of nitrogens with one attached hydrogen (secondary N) is 2. The molecule has 2 aromatic carbocycles. The van der Waals surface area contributed by atoms with E-state index in [4.69, 9.17) is 9.47 Å². The zero-order chi connectivity index (χ0) is 28.3. The summed E-state index contributed by atoms with van der Waals surface area (Å²) in [6, 6.07) is 16.0. The zero-order valence-corrected chi connectivity index (χ0v) is 23.7. The number of hydrogen-bond acceptors (Lipinski definition) is 6. The molecule has 1 aliphatic rings. The molecule has 3 rings (SSSR count). The van der Waals surface area contributed by atoms with Crippen molar-refractivity contribution >= 4 is 21.8 Å². The second kappa shape index (κ2) is 14.3. The molecule has 2 aromatic rings. The van der Waals surface area contributed by atoms with E-state index in [-0.39, 0.29) is 17.3 Å². The molecule has 0 spiro atoms. The number of urea groups is 1. The number of benzene rings is 2. The first kappa shape index (κ1) is 30.3. The van der Waals surface area contributed by atoms with Gasteiger partial charge in [-0.15, -0.1) is 0 Å². The minimum atomic E-state index is -3.70. The Morgan fingerprint density at radius 1 is 1.03 bits per heavy atom. The van der Waals surface area contributed by atoms with E-state index in [1.165, 1.54) is 18.2 Å². The third-order valence-electron chi connectivity index (χ3n) is 6.64. The molecular weight excluding hydrogens is 518 g/mol. The molecule has 39 heavy (non-hydrogen) atoms. The fourth-order valence-electron chi connectivity index (χ4n) is 4.14. The molecule has 9 nitrogen and oxygen atoms in total. The smallest absolute Gasteiger partial charge is 0.318 e. The molecule has 0 aliphatic carbocycles. The largest absolute Gasteiger partial charge is 0.379 e. The molecule has 1 fully saturated rings. The van der Waals surface area contributed by atoms with Crippen LogP contribution < -0.4 is 10.6 Å². The van der Waals surface area contributed by atoms with Crippen molar-refractivity contribution in [1.82, 2.24) is 15.5 Å². The van der Waals surface area contributed by atoms with E-state index in [0.29, 0.717) is 39.1 Å². The Morgan fingerprint density at radius 2 is 1.64 bits per heavy atom. The normalized spacial score (nSPS) is 16.0. The van der Waals surface area contributed by atoms with Crippen molar-refractivity contribution in [3.05, 3.63) is 77.7 Å². The van der Waals surface area contributed by atoms with E-state index < -0.39 is 33.4 Å². The molecule has 0 bridgehead atoms. The van der Waals surface area contributed by atoms with Gasteiger partial charge < -0.3 is 25.0 Å². The van der Waals surface area contributed by atoms with Gasteiger partial charge in [-0.1, -0.05) is 54.6 Å². The quantitative estimate of drug-likeness (QED) is 0.414. The number of rotatable bonds is 12. The number of methoxy groups -OCH3 is 1. The maximum absolute atomic E-state index is 13.6. The van der Waals surface area contributed by atoms with Gasteiger partial charge in [-0.25, -0.2) is 13.2 Å². The van der Waals surface area contributed by atoms with Crippen LogP contribution in [0.25, 0.3) is 0 Å². The molecule has 3 amide bonds. The van der Waals surface area contributed by atoms with Crippen LogP contribution in [0.1, 0.15) is 32.3 Å². The van der Waals surface area contributed by atoms with Gasteiger partial charge >= 0.3 is 6.03 Å². The lowest BCUT2D eigenvalue weighted by Crippen LogP contribution is -2.56. The highest BCUT2D eigenvalue weighted by Gasteiger charge is 2.31. The fourth-order valence-corrected chi connectivity index (χ4v) is 5.23. The van der Waals surface area contributed by atoms with E-state index in [2.05, 4.69) is 10.6 Å². The summed E-state index contributed by atoms with van der Waals surface area (Å²) in [6.07, 6.45) is 2.82. The molecule has 2 N–H and O–H groups in total. The Hall–Kier alpha value is -3.21. The summed E-state index contributed by atoms with van der Waals surface area (Å²) in [4.78, 5) is 28.3. The van der Waals surface area contributed by atoms with Gasteiger partial charge in [0.15, 0.2) is 9.84 Å². The lowest BCUT2D eigenvalue weighted by atomic mass is 9.97. The van der Waals surface area contributed by atoms with Gasteiger partial charge in [0.25, 0.3) is 0 Å². The number of morpholine rings is 1. The van der Waals surface area contributed by atoms with E-state index in [0.717, 1.165) is 11.0 Å². The van der Waals surface area contributed by atoms with Gasteiger partial charge in [-0.2, -0.15) is 0 Å². The highest BCUT2D eigenvalue weighted by molar-refractivity contribution is 7.94. The van der Waals surface area contributed by atoms with E-state index in [1.807, 2.05) is 44.2 Å². The van der Waals surface area contributed by atoms with Gasteiger partial charge in [0, 0.05) is 38.1 Å². The number of carbonyl (C=O) groups is 2. The molecule has 0 unspecified atom stereocenters. The minimum absolute atomic E-state index is 0.173. The molecule has 1 heterocycles. The fraction of sp³-hybridized carbons (Fsp3) is 0.448. The minimum Gasteiger partial charge on any atom is -0.379 e. The Labute approximate surface area is 231 Å². The number of ether oxygens (including phenoxy) is 2. The topological polar surface area (TPSA) is 114 Å². The maximum Gasteiger partial charge on any atom is 0.318 e. The Bertz CT molecular complexity index is 1200. The van der Waals surface area contributed by atoms with Crippen molar-refractivity contribution < 1.29 is 27.5 Å². The van der Waals surface area contributed by atoms with Crippen LogP contribution in [-0.2, 0) is 30.5 Å². The van der Waals surface area contributed by atoms with Crippen molar-refractivity contribution in [1.29, 1.82) is 0 Å². The lowest BCUT2D eigenvalue weighted by Gasteiger charge is -2.32. The number of nitrogens with zero attached hydrogens (tertiary/aromatic N) is 1. The van der Waals surface area contributed by atoms with Gasteiger partial charge in [-0.3, -0.25) is 4.79 Å². The summed E-state index contributed by atoms with van der Waals surface area (Å²) in [6.45, 7) is 5.44. The summed E-state index contributed by atoms with van der Waals surface area (Å²) in [5.41, 5.74) is 0.375. The standard InChI is InChI=1S/C29H39N3O6S/c1-29(2,37-3)22-26(31-28(34)32-17-19-38-20-18-32)27(33)30-24(15-14-23-10-6-4-7-11-23)16-21-39(35,36)25-12-8-5-9-13-25/h4-13,16,21,24,26H,14-15,17-20,22H2,1-3H3,(H,30,33)(H,31,34)/b21-16+/t24-,26-/m0/s1. The third kappa shape index (κ3) is 9.80. The van der Waals surface area contributed by atoms with Crippen LogP contribution in [0, 0.1) is 0 Å². The van der Waals surface area contributed by atoms with Gasteiger partial charge in [0.2, 0.25) is 5.91 Å². The highest BCUT2D eigenvalue weighted by Crippen LogP contribution is 2.18. The van der Waals surface area contributed by atoms with E-state index in [1.54, 1.807) is 30.2 Å². The van der Waals surface area contributed by atoms with Gasteiger partial charge in [0.1, 0.15) is 6.04 Å². The van der Waals surface area contributed by atoms with Crippen LogP contribution in [0.2, 0.25) is 0 Å². The maximum atomic E-state index is 13.6. The summed E-state index contributed by atoms with van der Waals surface area (Å²) in [7, 11) is -2.15. The van der Waals surface area contributed by atoms with Crippen LogP contribution >= 0.6 is 0 Å². The SMILES string of the molecule is COC(C)(C)C[C@H](NC(=O)N1CCOCC1)C(=O)N[C@H](/C=C/S(=O)(=O)c1ccccc1)CCc1ccccc1. The van der Waals surface area contributed by atoms with Crippen molar-refractivity contribution in [3.63, 3.8) is 0 Å². The number of aryl methyl sites for hydroxylation is 1. The molecular formula is C29H39N3O6S. The van der Waals surface area contributed by atoms with Crippen LogP contribution in [0.15, 0.2) is 77.0 Å². The predicted octanol–water partition coefficient (Wildman–Crippen LogP) is 3.32. The van der Waals surface area contributed by atoms with Crippen LogP contribution in [0.3, 0.4) is 0 Å². The number of sulfone groups is 1. The summed E-state index contributed by atoms with van der Waals surface area (Å²) in [5.74, 6) is -0.415. The molecule has 2 atom stereocenters. The molecule has 1 aliphatic heterocycles.